The first kappa shape index (κ1) is 25.3. The van der Waals surface area contributed by atoms with Crippen LogP contribution in [0.15, 0.2) is 97.5 Å². The molecule has 1 fully saturated rings. The molecule has 8 heteroatoms. The fourth-order valence-electron chi connectivity index (χ4n) is 5.05. The molecule has 2 aromatic heterocycles. The van der Waals surface area contributed by atoms with Crippen molar-refractivity contribution in [1.82, 2.24) is 19.4 Å². The van der Waals surface area contributed by atoms with Crippen LogP contribution in [0.4, 0.5) is 10.2 Å². The zero-order chi connectivity index (χ0) is 27.5. The smallest absolute Gasteiger partial charge is 0.246 e. The molecule has 0 bridgehead atoms. The van der Waals surface area contributed by atoms with Gasteiger partial charge in [-0.15, -0.1) is 0 Å². The van der Waals surface area contributed by atoms with E-state index in [4.69, 9.17) is 9.72 Å². The van der Waals surface area contributed by atoms with E-state index < -0.39 is 0 Å². The maximum absolute atomic E-state index is 13.7. The largest absolute Gasteiger partial charge is 0.497 e. The highest BCUT2D eigenvalue weighted by molar-refractivity contribution is 6.02. The lowest BCUT2D eigenvalue weighted by molar-refractivity contribution is -0.126. The summed E-state index contributed by atoms with van der Waals surface area (Å²) < 4.78 is 20.8. The van der Waals surface area contributed by atoms with Crippen molar-refractivity contribution < 1.29 is 13.9 Å². The van der Waals surface area contributed by atoms with Crippen LogP contribution < -0.4 is 9.64 Å². The molecule has 0 spiro atoms. The van der Waals surface area contributed by atoms with Crippen molar-refractivity contribution in [3.8, 4) is 22.6 Å². The molecular weight excluding hydrogens is 505 g/mol. The lowest BCUT2D eigenvalue weighted by Crippen LogP contribution is -2.48. The summed E-state index contributed by atoms with van der Waals surface area (Å²) in [5.41, 5.74) is 4.54. The van der Waals surface area contributed by atoms with Crippen molar-refractivity contribution in [1.29, 1.82) is 0 Å². The SMILES string of the molecule is COc1ccc(/C=C/C(=O)N2CCN(c3ncnc4c3c(-c3ccccc3)cn4-c3ccc(F)cc3)CC2)cc1. The van der Waals surface area contributed by atoms with Crippen LogP contribution in [0.5, 0.6) is 5.75 Å². The van der Waals surface area contributed by atoms with Gasteiger partial charge in [-0.2, -0.15) is 0 Å². The molecule has 0 aliphatic carbocycles. The minimum atomic E-state index is -0.287. The molecule has 0 saturated carbocycles. The van der Waals surface area contributed by atoms with E-state index >= 15 is 0 Å². The van der Waals surface area contributed by atoms with Crippen molar-refractivity contribution in [3.05, 3.63) is 109 Å². The van der Waals surface area contributed by atoms with E-state index in [-0.39, 0.29) is 11.7 Å². The molecule has 1 amide bonds. The van der Waals surface area contributed by atoms with Crippen molar-refractivity contribution in [2.75, 3.05) is 38.2 Å². The highest BCUT2D eigenvalue weighted by Crippen LogP contribution is 2.37. The molecule has 40 heavy (non-hydrogen) atoms. The molecule has 3 aromatic carbocycles. The number of anilines is 1. The molecule has 200 valence electrons. The number of hydrogen-bond acceptors (Lipinski definition) is 5. The molecule has 1 saturated heterocycles. The average Bonchev–Trinajstić information content (AvgIpc) is 3.41. The van der Waals surface area contributed by atoms with Crippen LogP contribution in [0.3, 0.4) is 0 Å². The second-order valence-electron chi connectivity index (χ2n) is 9.57. The molecule has 0 N–H and O–H groups in total. The van der Waals surface area contributed by atoms with Crippen LogP contribution in [0.1, 0.15) is 5.56 Å². The molecule has 0 atom stereocenters. The van der Waals surface area contributed by atoms with Gasteiger partial charge in [-0.05, 0) is 53.6 Å². The number of halogens is 1. The molecule has 1 aliphatic rings. The Bertz CT molecular complexity index is 1660. The number of hydrogen-bond donors (Lipinski definition) is 0. The van der Waals surface area contributed by atoms with Gasteiger partial charge in [0.15, 0.2) is 5.65 Å². The average molecular weight is 534 g/mol. The molecule has 1 aliphatic heterocycles. The minimum absolute atomic E-state index is 0.0178. The van der Waals surface area contributed by atoms with E-state index in [9.17, 15) is 9.18 Å². The van der Waals surface area contributed by atoms with Crippen LogP contribution in [0.2, 0.25) is 0 Å². The van der Waals surface area contributed by atoms with E-state index in [1.54, 1.807) is 31.6 Å². The van der Waals surface area contributed by atoms with Crippen molar-refractivity contribution in [2.24, 2.45) is 0 Å². The molecule has 6 rings (SSSR count). The maximum Gasteiger partial charge on any atom is 0.246 e. The number of aromatic nitrogens is 3. The lowest BCUT2D eigenvalue weighted by atomic mass is 10.1. The Kier molecular flexibility index (Phi) is 6.97. The normalized spacial score (nSPS) is 13.8. The molecule has 0 radical (unpaired) electrons. The van der Waals surface area contributed by atoms with Gasteiger partial charge in [-0.25, -0.2) is 14.4 Å². The number of amides is 1. The van der Waals surface area contributed by atoms with Gasteiger partial charge in [0.2, 0.25) is 5.91 Å². The van der Waals surface area contributed by atoms with E-state index in [0.717, 1.165) is 45.0 Å². The van der Waals surface area contributed by atoms with E-state index in [1.807, 2.05) is 64.2 Å². The number of nitrogens with zero attached hydrogens (tertiary/aromatic N) is 5. The predicted molar refractivity (Wildman–Crippen MR) is 155 cm³/mol. The fourth-order valence-corrected chi connectivity index (χ4v) is 5.05. The number of methoxy groups -OCH3 is 1. The second kappa shape index (κ2) is 11.0. The van der Waals surface area contributed by atoms with Crippen LogP contribution in [-0.4, -0.2) is 58.6 Å². The van der Waals surface area contributed by atoms with Crippen LogP contribution in [0, 0.1) is 5.82 Å². The predicted octanol–water partition coefficient (Wildman–Crippen LogP) is 5.60. The maximum atomic E-state index is 13.7. The summed E-state index contributed by atoms with van der Waals surface area (Å²) in [6, 6.07) is 24.1. The quantitative estimate of drug-likeness (QED) is 0.266. The molecular formula is C32H28FN5O2. The number of benzene rings is 3. The van der Waals surface area contributed by atoms with Gasteiger partial charge < -0.3 is 19.1 Å². The Balaban J connectivity index is 1.27. The molecule has 0 unspecified atom stereocenters. The number of piperazine rings is 1. The van der Waals surface area contributed by atoms with E-state index in [1.165, 1.54) is 12.1 Å². The summed E-state index contributed by atoms with van der Waals surface area (Å²) in [7, 11) is 1.63. The van der Waals surface area contributed by atoms with Crippen LogP contribution in [0.25, 0.3) is 33.9 Å². The van der Waals surface area contributed by atoms with Gasteiger partial charge in [-0.1, -0.05) is 42.5 Å². The first-order valence-corrected chi connectivity index (χ1v) is 13.1. The van der Waals surface area contributed by atoms with E-state index in [0.29, 0.717) is 26.2 Å². The fraction of sp³-hybridized carbons (Fsp3) is 0.156. The summed E-state index contributed by atoms with van der Waals surface area (Å²) in [6.45, 7) is 2.45. The van der Waals surface area contributed by atoms with Crippen LogP contribution in [-0.2, 0) is 4.79 Å². The summed E-state index contributed by atoms with van der Waals surface area (Å²) in [6.07, 6.45) is 7.06. The number of ether oxygens (including phenoxy) is 1. The van der Waals surface area contributed by atoms with Gasteiger partial charge in [0.1, 0.15) is 23.7 Å². The van der Waals surface area contributed by atoms with Crippen molar-refractivity contribution in [2.45, 2.75) is 0 Å². The van der Waals surface area contributed by atoms with E-state index in [2.05, 4.69) is 22.0 Å². The standard InChI is InChI=1S/C32H28FN5O2/c1-40-27-14-7-23(8-15-27)9-16-29(39)36-17-19-37(20-18-36)31-30-28(24-5-3-2-4-6-24)21-38(32(30)35-22-34-31)26-12-10-25(33)11-13-26/h2-16,21-22H,17-20H2,1H3/b16-9+. The molecule has 3 heterocycles. The Morgan fingerprint density at radius 1 is 0.900 bits per heavy atom. The topological polar surface area (TPSA) is 63.5 Å². The molecule has 5 aromatic rings. The van der Waals surface area contributed by atoms with Crippen molar-refractivity contribution >= 4 is 28.8 Å². The third-order valence-electron chi connectivity index (χ3n) is 7.18. The number of carbonyl (C=O) groups excluding carboxylic acids is 1. The highest BCUT2D eigenvalue weighted by Gasteiger charge is 2.25. The lowest BCUT2D eigenvalue weighted by Gasteiger charge is -2.35. The summed E-state index contributed by atoms with van der Waals surface area (Å²) in [4.78, 5) is 26.3. The first-order valence-electron chi connectivity index (χ1n) is 13.1. The van der Waals surface area contributed by atoms with Gasteiger partial charge in [0, 0.05) is 49.7 Å². The van der Waals surface area contributed by atoms with Gasteiger partial charge in [0.05, 0.1) is 12.5 Å². The summed E-state index contributed by atoms with van der Waals surface area (Å²) in [5, 5.41) is 0.928. The zero-order valence-corrected chi connectivity index (χ0v) is 22.1. The highest BCUT2D eigenvalue weighted by atomic mass is 19.1. The number of fused-ring (bicyclic) bond motifs is 1. The Morgan fingerprint density at radius 2 is 1.62 bits per heavy atom. The minimum Gasteiger partial charge on any atom is -0.497 e. The van der Waals surface area contributed by atoms with Crippen LogP contribution >= 0.6 is 0 Å². The third kappa shape index (κ3) is 5.03. The number of carbonyl (C=O) groups is 1. The second-order valence-corrected chi connectivity index (χ2v) is 9.57. The van der Waals surface area contributed by atoms with Gasteiger partial charge in [-0.3, -0.25) is 4.79 Å². The molecule has 7 nitrogen and oxygen atoms in total. The first-order chi connectivity index (χ1) is 19.6. The summed E-state index contributed by atoms with van der Waals surface area (Å²) in [5.74, 6) is 1.30. The monoisotopic (exact) mass is 533 g/mol. The summed E-state index contributed by atoms with van der Waals surface area (Å²) >= 11 is 0. The third-order valence-corrected chi connectivity index (χ3v) is 7.18. The Hall–Kier alpha value is -4.98. The van der Waals surface area contributed by atoms with Crippen molar-refractivity contribution in [3.63, 3.8) is 0 Å². The zero-order valence-electron chi connectivity index (χ0n) is 22.1. The van der Waals surface area contributed by atoms with Gasteiger partial charge in [0.25, 0.3) is 0 Å². The Labute approximate surface area is 231 Å². The van der Waals surface area contributed by atoms with Gasteiger partial charge >= 0.3 is 0 Å². The number of rotatable bonds is 6. The Morgan fingerprint density at radius 3 is 2.33 bits per heavy atom.